The molecule has 6 heteroatoms. The van der Waals surface area contributed by atoms with Crippen molar-refractivity contribution in [2.45, 2.75) is 6.42 Å². The number of nitrogen functional groups attached to an aromatic ring is 2. The summed E-state index contributed by atoms with van der Waals surface area (Å²) in [6.07, 6.45) is 0.405. The molecule has 0 aromatic heterocycles. The number of anilines is 2. The van der Waals surface area contributed by atoms with Crippen LogP contribution in [-0.4, -0.2) is 25.2 Å². The third-order valence-electron chi connectivity index (χ3n) is 3.00. The van der Waals surface area contributed by atoms with Crippen molar-refractivity contribution in [2.24, 2.45) is 0 Å². The number of rotatable bonds is 6. The zero-order valence-corrected chi connectivity index (χ0v) is 12.5. The maximum atomic E-state index is 11.8. The zero-order chi connectivity index (χ0) is 16.7. The highest BCUT2D eigenvalue weighted by Gasteiger charge is 2.09. The fourth-order valence-corrected chi connectivity index (χ4v) is 1.89. The molecular formula is C17H18N2O4. The highest BCUT2D eigenvalue weighted by molar-refractivity contribution is 5.91. The lowest BCUT2D eigenvalue weighted by atomic mass is 10.2. The smallest absolute Gasteiger partial charge is 0.338 e. The summed E-state index contributed by atoms with van der Waals surface area (Å²) in [6.45, 7) is 0.301. The molecule has 23 heavy (non-hydrogen) atoms. The fourth-order valence-electron chi connectivity index (χ4n) is 1.89. The molecular weight excluding hydrogens is 296 g/mol. The van der Waals surface area contributed by atoms with E-state index >= 15 is 0 Å². The molecule has 0 spiro atoms. The first-order valence-electron chi connectivity index (χ1n) is 7.11. The number of benzene rings is 2. The molecule has 0 radical (unpaired) electrons. The molecule has 0 aliphatic rings. The second kappa shape index (κ2) is 7.84. The van der Waals surface area contributed by atoms with Crippen LogP contribution in [0.3, 0.4) is 0 Å². The predicted molar refractivity (Wildman–Crippen MR) is 86.9 cm³/mol. The van der Waals surface area contributed by atoms with E-state index in [9.17, 15) is 9.59 Å². The van der Waals surface area contributed by atoms with Gasteiger partial charge in [0.05, 0.1) is 24.3 Å². The van der Waals surface area contributed by atoms with Crippen molar-refractivity contribution < 1.29 is 19.1 Å². The van der Waals surface area contributed by atoms with Crippen LogP contribution in [0.4, 0.5) is 11.4 Å². The number of esters is 2. The van der Waals surface area contributed by atoms with E-state index in [2.05, 4.69) is 0 Å². The molecule has 0 bridgehead atoms. The third-order valence-corrected chi connectivity index (χ3v) is 3.00. The number of carbonyl (C=O) groups is 2. The third kappa shape index (κ3) is 5.03. The molecule has 0 saturated heterocycles. The average Bonchev–Trinajstić information content (AvgIpc) is 2.54. The molecule has 4 N–H and O–H groups in total. The first-order valence-corrected chi connectivity index (χ1v) is 7.11. The van der Waals surface area contributed by atoms with Gasteiger partial charge in [-0.3, -0.25) is 0 Å². The van der Waals surface area contributed by atoms with Gasteiger partial charge in [-0.1, -0.05) is 12.1 Å². The Hall–Kier alpha value is -3.02. The minimum Gasteiger partial charge on any atom is -0.462 e. The first-order chi connectivity index (χ1) is 11.1. The lowest BCUT2D eigenvalue weighted by Crippen LogP contribution is -2.11. The normalized spacial score (nSPS) is 10.1. The lowest BCUT2D eigenvalue weighted by molar-refractivity contribution is 0.0396. The van der Waals surface area contributed by atoms with Crippen LogP contribution in [0.25, 0.3) is 0 Å². The quantitative estimate of drug-likeness (QED) is 0.481. The van der Waals surface area contributed by atoms with Crippen molar-refractivity contribution in [1.29, 1.82) is 0 Å². The Balaban J connectivity index is 1.69. The average molecular weight is 314 g/mol. The summed E-state index contributed by atoms with van der Waals surface area (Å²) in [5, 5.41) is 0. The van der Waals surface area contributed by atoms with Crippen LogP contribution in [0, 0.1) is 0 Å². The van der Waals surface area contributed by atoms with E-state index in [0.717, 1.165) is 0 Å². The minimum absolute atomic E-state index is 0.151. The van der Waals surface area contributed by atoms with Crippen LogP contribution in [0.15, 0.2) is 48.5 Å². The van der Waals surface area contributed by atoms with E-state index in [-0.39, 0.29) is 13.2 Å². The Kier molecular flexibility index (Phi) is 5.57. The number of ether oxygens (including phenoxy) is 2. The standard InChI is InChI=1S/C17H18N2O4/c18-14-6-1-4-12(10-14)16(20)22-8-3-9-23-17(21)13-5-2-7-15(19)11-13/h1-2,4-7,10-11H,3,8-9,18-19H2. The number of hydrogen-bond acceptors (Lipinski definition) is 6. The van der Waals surface area contributed by atoms with Crippen molar-refractivity contribution in [3.05, 3.63) is 59.7 Å². The number of carbonyl (C=O) groups excluding carboxylic acids is 2. The maximum Gasteiger partial charge on any atom is 0.338 e. The van der Waals surface area contributed by atoms with Gasteiger partial charge in [-0.2, -0.15) is 0 Å². The van der Waals surface area contributed by atoms with Crippen LogP contribution >= 0.6 is 0 Å². The van der Waals surface area contributed by atoms with Crippen LogP contribution in [0.2, 0.25) is 0 Å². The van der Waals surface area contributed by atoms with E-state index in [1.165, 1.54) is 0 Å². The van der Waals surface area contributed by atoms with Gasteiger partial charge in [0.25, 0.3) is 0 Å². The van der Waals surface area contributed by atoms with Crippen LogP contribution < -0.4 is 11.5 Å². The molecule has 120 valence electrons. The zero-order valence-electron chi connectivity index (χ0n) is 12.5. The Morgan fingerprint density at radius 3 is 1.61 bits per heavy atom. The largest absolute Gasteiger partial charge is 0.462 e. The highest BCUT2D eigenvalue weighted by Crippen LogP contribution is 2.09. The molecule has 0 amide bonds. The predicted octanol–water partition coefficient (Wildman–Crippen LogP) is 2.25. The molecule has 0 atom stereocenters. The summed E-state index contributed by atoms with van der Waals surface area (Å²) in [4.78, 5) is 23.5. The van der Waals surface area contributed by atoms with E-state index in [0.29, 0.717) is 28.9 Å². The van der Waals surface area contributed by atoms with Crippen LogP contribution in [-0.2, 0) is 9.47 Å². The molecule has 2 aromatic rings. The fraction of sp³-hybridized carbons (Fsp3) is 0.176. The highest BCUT2D eigenvalue weighted by atomic mass is 16.5. The molecule has 0 heterocycles. The molecule has 2 aromatic carbocycles. The minimum atomic E-state index is -0.459. The van der Waals surface area contributed by atoms with Gasteiger partial charge in [0.15, 0.2) is 0 Å². The van der Waals surface area contributed by atoms with Gasteiger partial charge in [-0.05, 0) is 36.4 Å². The Morgan fingerprint density at radius 2 is 1.22 bits per heavy atom. The van der Waals surface area contributed by atoms with Crippen molar-refractivity contribution >= 4 is 23.3 Å². The van der Waals surface area contributed by atoms with Crippen molar-refractivity contribution in [2.75, 3.05) is 24.7 Å². The molecule has 6 nitrogen and oxygen atoms in total. The topological polar surface area (TPSA) is 105 Å². The molecule has 0 aliphatic carbocycles. The van der Waals surface area contributed by atoms with E-state index in [1.54, 1.807) is 48.5 Å². The summed E-state index contributed by atoms with van der Waals surface area (Å²) in [6, 6.07) is 13.1. The van der Waals surface area contributed by atoms with Crippen molar-refractivity contribution in [3.63, 3.8) is 0 Å². The Labute approximate surface area is 134 Å². The van der Waals surface area contributed by atoms with Crippen molar-refractivity contribution in [3.8, 4) is 0 Å². The molecule has 0 unspecified atom stereocenters. The van der Waals surface area contributed by atoms with Gasteiger partial charge in [0.1, 0.15) is 0 Å². The Bertz CT molecular complexity index is 641. The summed E-state index contributed by atoms with van der Waals surface area (Å²) >= 11 is 0. The van der Waals surface area contributed by atoms with Crippen LogP contribution in [0.1, 0.15) is 27.1 Å². The summed E-state index contributed by atoms with van der Waals surface area (Å²) < 4.78 is 10.2. The maximum absolute atomic E-state index is 11.8. The van der Waals surface area contributed by atoms with Gasteiger partial charge in [-0.15, -0.1) is 0 Å². The first kappa shape index (κ1) is 16.4. The summed E-state index contributed by atoms with van der Waals surface area (Å²) in [7, 11) is 0. The van der Waals surface area contributed by atoms with Gasteiger partial charge in [0.2, 0.25) is 0 Å². The Morgan fingerprint density at radius 1 is 0.783 bits per heavy atom. The second-order valence-electron chi connectivity index (χ2n) is 4.88. The SMILES string of the molecule is Nc1cccc(C(=O)OCCCOC(=O)c2cccc(N)c2)c1. The monoisotopic (exact) mass is 314 g/mol. The van der Waals surface area contributed by atoms with Crippen molar-refractivity contribution in [1.82, 2.24) is 0 Å². The van der Waals surface area contributed by atoms with Gasteiger partial charge in [-0.25, -0.2) is 9.59 Å². The molecule has 2 rings (SSSR count). The van der Waals surface area contributed by atoms with Crippen LogP contribution in [0.5, 0.6) is 0 Å². The summed E-state index contributed by atoms with van der Waals surface area (Å²) in [5.41, 5.74) is 13.0. The van der Waals surface area contributed by atoms with E-state index < -0.39 is 11.9 Å². The molecule has 0 aliphatic heterocycles. The van der Waals surface area contributed by atoms with Gasteiger partial charge >= 0.3 is 11.9 Å². The second-order valence-corrected chi connectivity index (χ2v) is 4.88. The lowest BCUT2D eigenvalue weighted by Gasteiger charge is -2.07. The molecule has 0 saturated carbocycles. The number of nitrogens with two attached hydrogens (primary N) is 2. The van der Waals surface area contributed by atoms with Gasteiger partial charge in [0, 0.05) is 17.8 Å². The number of hydrogen-bond donors (Lipinski definition) is 2. The molecule has 0 fully saturated rings. The summed E-state index contributed by atoms with van der Waals surface area (Å²) in [5.74, 6) is -0.918. The van der Waals surface area contributed by atoms with E-state index in [1.807, 2.05) is 0 Å². The van der Waals surface area contributed by atoms with E-state index in [4.69, 9.17) is 20.9 Å². The van der Waals surface area contributed by atoms with Gasteiger partial charge < -0.3 is 20.9 Å².